The maximum absolute atomic E-state index is 13.8. The molecule has 1 aromatic heterocycles. The van der Waals surface area contributed by atoms with E-state index < -0.39 is 17.5 Å². The molecule has 5 nitrogen and oxygen atoms in total. The molecule has 4 rings (SSSR count). The van der Waals surface area contributed by atoms with E-state index in [1.165, 1.54) is 12.1 Å². The Morgan fingerprint density at radius 1 is 1.33 bits per heavy atom. The Hall–Kier alpha value is -2.93. The van der Waals surface area contributed by atoms with E-state index in [1.807, 2.05) is 0 Å². The fourth-order valence-electron chi connectivity index (χ4n) is 3.13. The van der Waals surface area contributed by atoms with Gasteiger partial charge in [-0.25, -0.2) is 8.78 Å². The van der Waals surface area contributed by atoms with Crippen LogP contribution in [0, 0.1) is 11.6 Å². The molecule has 0 aliphatic carbocycles. The number of benzene rings is 2. The number of nitrogens with one attached hydrogen (secondary N) is 1. The van der Waals surface area contributed by atoms with Gasteiger partial charge in [-0.3, -0.25) is 9.48 Å². The van der Waals surface area contributed by atoms with Gasteiger partial charge in [-0.1, -0.05) is 23.7 Å². The smallest absolute Gasteiger partial charge is 0.272 e. The fraction of sp³-hybridized carbons (Fsp3) is 0.158. The third-order valence-electron chi connectivity index (χ3n) is 4.40. The summed E-state index contributed by atoms with van der Waals surface area (Å²) in [5, 5.41) is 7.41. The number of carbonyl (C=O) groups is 1. The molecule has 1 amide bonds. The van der Waals surface area contributed by atoms with Crippen LogP contribution in [0.3, 0.4) is 0 Å². The van der Waals surface area contributed by atoms with Crippen molar-refractivity contribution < 1.29 is 18.3 Å². The van der Waals surface area contributed by atoms with Crippen molar-refractivity contribution in [3.63, 3.8) is 0 Å². The van der Waals surface area contributed by atoms with E-state index in [9.17, 15) is 13.6 Å². The zero-order valence-corrected chi connectivity index (χ0v) is 15.0. The molecule has 0 saturated heterocycles. The number of ether oxygens (including phenoxy) is 1. The molecule has 138 valence electrons. The van der Waals surface area contributed by atoms with E-state index in [0.717, 1.165) is 17.3 Å². The first-order valence-electron chi connectivity index (χ1n) is 8.15. The number of amides is 1. The standard InChI is InChI=1S/C19H14ClF2N3O2/c1-25-18-12-7-11(20)5-6-15(12)27-9-13(18)17(24-25)19(26)23-8-10-3-2-4-14(21)16(10)22/h2-7H,8-9H2,1H3,(H,23,26). The van der Waals surface area contributed by atoms with Crippen LogP contribution in [-0.4, -0.2) is 15.7 Å². The quantitative estimate of drug-likeness (QED) is 0.740. The summed E-state index contributed by atoms with van der Waals surface area (Å²) in [7, 11) is 1.72. The zero-order chi connectivity index (χ0) is 19.1. The van der Waals surface area contributed by atoms with Gasteiger partial charge in [0.1, 0.15) is 12.4 Å². The van der Waals surface area contributed by atoms with E-state index in [2.05, 4.69) is 10.4 Å². The number of aromatic nitrogens is 2. The SMILES string of the molecule is Cn1nc(C(=O)NCc2cccc(F)c2F)c2c1-c1cc(Cl)ccc1OC2. The molecule has 3 aromatic rings. The van der Waals surface area contributed by atoms with Crippen molar-refractivity contribution in [2.75, 3.05) is 0 Å². The summed E-state index contributed by atoms with van der Waals surface area (Å²) in [5.41, 5.74) is 2.33. The molecule has 8 heteroatoms. The van der Waals surface area contributed by atoms with Crippen LogP contribution < -0.4 is 10.1 Å². The van der Waals surface area contributed by atoms with Gasteiger partial charge in [0.05, 0.1) is 5.69 Å². The average molecular weight is 390 g/mol. The van der Waals surface area contributed by atoms with Crippen LogP contribution in [0.1, 0.15) is 21.6 Å². The number of nitrogens with zero attached hydrogens (tertiary/aromatic N) is 2. The molecular formula is C19H14ClF2N3O2. The lowest BCUT2D eigenvalue weighted by molar-refractivity contribution is 0.0942. The molecule has 0 atom stereocenters. The molecule has 2 aromatic carbocycles. The van der Waals surface area contributed by atoms with Gasteiger partial charge in [0.15, 0.2) is 17.3 Å². The Kier molecular flexibility index (Phi) is 4.31. The molecular weight excluding hydrogens is 376 g/mol. The van der Waals surface area contributed by atoms with Crippen LogP contribution in [-0.2, 0) is 20.2 Å². The Labute approximate surface area is 158 Å². The second kappa shape index (κ2) is 6.66. The minimum absolute atomic E-state index is 0.0570. The number of aryl methyl sites for hydroxylation is 1. The highest BCUT2D eigenvalue weighted by Gasteiger charge is 2.28. The molecule has 0 bridgehead atoms. The van der Waals surface area contributed by atoms with Crippen molar-refractivity contribution in [2.24, 2.45) is 7.05 Å². The average Bonchev–Trinajstić information content (AvgIpc) is 3.00. The first-order chi connectivity index (χ1) is 13.0. The van der Waals surface area contributed by atoms with Crippen LogP contribution in [0.15, 0.2) is 36.4 Å². The zero-order valence-electron chi connectivity index (χ0n) is 14.2. The van der Waals surface area contributed by atoms with Crippen molar-refractivity contribution in [3.05, 3.63) is 69.9 Å². The Morgan fingerprint density at radius 3 is 2.96 bits per heavy atom. The van der Waals surface area contributed by atoms with E-state index >= 15 is 0 Å². The fourth-order valence-corrected chi connectivity index (χ4v) is 3.30. The molecule has 1 aliphatic rings. The van der Waals surface area contributed by atoms with Gasteiger partial charge < -0.3 is 10.1 Å². The van der Waals surface area contributed by atoms with Crippen molar-refractivity contribution in [1.29, 1.82) is 0 Å². The van der Waals surface area contributed by atoms with Crippen molar-refractivity contribution in [2.45, 2.75) is 13.2 Å². The van der Waals surface area contributed by atoms with Gasteiger partial charge in [0.25, 0.3) is 5.91 Å². The third kappa shape index (κ3) is 3.04. The summed E-state index contributed by atoms with van der Waals surface area (Å²) in [5.74, 6) is -1.78. The monoisotopic (exact) mass is 389 g/mol. The molecule has 0 saturated carbocycles. The molecule has 0 spiro atoms. The van der Waals surface area contributed by atoms with Crippen molar-refractivity contribution in [3.8, 4) is 17.0 Å². The van der Waals surface area contributed by atoms with Crippen molar-refractivity contribution in [1.82, 2.24) is 15.1 Å². The second-order valence-corrected chi connectivity index (χ2v) is 6.56. The largest absolute Gasteiger partial charge is 0.488 e. The lowest BCUT2D eigenvalue weighted by Crippen LogP contribution is -2.25. The van der Waals surface area contributed by atoms with Gasteiger partial charge in [0, 0.05) is 35.3 Å². The second-order valence-electron chi connectivity index (χ2n) is 6.12. The number of hydrogen-bond acceptors (Lipinski definition) is 3. The molecule has 27 heavy (non-hydrogen) atoms. The van der Waals surface area contributed by atoms with Crippen LogP contribution in [0.5, 0.6) is 5.75 Å². The van der Waals surface area contributed by atoms with Gasteiger partial charge in [0.2, 0.25) is 0 Å². The lowest BCUT2D eigenvalue weighted by atomic mass is 10.0. The van der Waals surface area contributed by atoms with Gasteiger partial charge >= 0.3 is 0 Å². The summed E-state index contributed by atoms with van der Waals surface area (Å²) in [6.45, 7) is 0.0198. The van der Waals surface area contributed by atoms with Crippen LogP contribution >= 0.6 is 11.6 Å². The topological polar surface area (TPSA) is 56.2 Å². The van der Waals surface area contributed by atoms with Gasteiger partial charge in [-0.2, -0.15) is 5.10 Å². The predicted molar refractivity (Wildman–Crippen MR) is 95.5 cm³/mol. The molecule has 0 radical (unpaired) electrons. The maximum atomic E-state index is 13.8. The van der Waals surface area contributed by atoms with Crippen LogP contribution in [0.2, 0.25) is 5.02 Å². The lowest BCUT2D eigenvalue weighted by Gasteiger charge is -2.19. The molecule has 0 fully saturated rings. The number of hydrogen-bond donors (Lipinski definition) is 1. The number of rotatable bonds is 3. The maximum Gasteiger partial charge on any atom is 0.272 e. The summed E-state index contributed by atoms with van der Waals surface area (Å²) >= 11 is 6.08. The molecule has 1 N–H and O–H groups in total. The number of fused-ring (bicyclic) bond motifs is 3. The third-order valence-corrected chi connectivity index (χ3v) is 4.64. The number of halogens is 3. The minimum atomic E-state index is -0.979. The van der Waals surface area contributed by atoms with E-state index in [-0.39, 0.29) is 24.4 Å². The summed E-state index contributed by atoms with van der Waals surface area (Å²) in [4.78, 5) is 12.6. The number of carbonyl (C=O) groups excluding carboxylic acids is 1. The summed E-state index contributed by atoms with van der Waals surface area (Å²) in [6.07, 6.45) is 0. The normalized spacial score (nSPS) is 12.1. The predicted octanol–water partition coefficient (Wildman–Crippen LogP) is 3.84. The minimum Gasteiger partial charge on any atom is -0.488 e. The Balaban J connectivity index is 1.63. The Bertz CT molecular complexity index is 1070. The summed E-state index contributed by atoms with van der Waals surface area (Å²) in [6, 6.07) is 9.06. The van der Waals surface area contributed by atoms with Crippen molar-refractivity contribution >= 4 is 17.5 Å². The first-order valence-corrected chi connectivity index (χ1v) is 8.53. The first kappa shape index (κ1) is 17.5. The van der Waals surface area contributed by atoms with E-state index in [1.54, 1.807) is 29.9 Å². The molecule has 2 heterocycles. The van der Waals surface area contributed by atoms with Crippen LogP contribution in [0.4, 0.5) is 8.78 Å². The highest BCUT2D eigenvalue weighted by Crippen LogP contribution is 2.39. The van der Waals surface area contributed by atoms with Crippen LogP contribution in [0.25, 0.3) is 11.3 Å². The van der Waals surface area contributed by atoms with Gasteiger partial charge in [-0.05, 0) is 24.3 Å². The molecule has 1 aliphatic heterocycles. The van der Waals surface area contributed by atoms with E-state index in [0.29, 0.717) is 16.3 Å². The molecule has 0 unspecified atom stereocenters. The Morgan fingerprint density at radius 2 is 2.15 bits per heavy atom. The highest BCUT2D eigenvalue weighted by atomic mass is 35.5. The van der Waals surface area contributed by atoms with E-state index in [4.69, 9.17) is 16.3 Å². The summed E-state index contributed by atoms with van der Waals surface area (Å²) < 4.78 is 34.3. The highest BCUT2D eigenvalue weighted by molar-refractivity contribution is 6.31. The van der Waals surface area contributed by atoms with Gasteiger partial charge in [-0.15, -0.1) is 0 Å².